The summed E-state index contributed by atoms with van der Waals surface area (Å²) in [6, 6.07) is 15.0. The van der Waals surface area contributed by atoms with E-state index in [2.05, 4.69) is 20.5 Å². The van der Waals surface area contributed by atoms with Gasteiger partial charge in [0.05, 0.1) is 29.2 Å². The first kappa shape index (κ1) is 24.0. The van der Waals surface area contributed by atoms with Crippen LogP contribution in [0.4, 0.5) is 13.2 Å². The number of alkyl halides is 3. The van der Waals surface area contributed by atoms with Gasteiger partial charge in [0.2, 0.25) is 0 Å². The molecule has 0 atom stereocenters. The predicted octanol–water partition coefficient (Wildman–Crippen LogP) is 4.64. The molecule has 8 heteroatoms. The molecule has 0 saturated carbocycles. The topological polar surface area (TPSA) is 65.1 Å². The minimum absolute atomic E-state index is 0.0479. The molecule has 0 aliphatic carbocycles. The second-order valence-corrected chi connectivity index (χ2v) is 9.13. The average Bonchev–Trinajstić information content (AvgIpc) is 3.27. The van der Waals surface area contributed by atoms with E-state index in [1.165, 1.54) is 12.1 Å². The van der Waals surface area contributed by atoms with Crippen LogP contribution in [-0.2, 0) is 25.7 Å². The van der Waals surface area contributed by atoms with E-state index in [-0.39, 0.29) is 6.61 Å². The highest BCUT2D eigenvalue weighted by atomic mass is 19.4. The van der Waals surface area contributed by atoms with Crippen molar-refractivity contribution in [2.45, 2.75) is 38.5 Å². The molecule has 0 unspecified atom stereocenters. The molecule has 1 fully saturated rings. The Hall–Kier alpha value is -3.15. The smallest absolute Gasteiger partial charge is 0.396 e. The maximum Gasteiger partial charge on any atom is 0.416 e. The largest absolute Gasteiger partial charge is 0.416 e. The molecule has 2 heterocycles. The molecule has 0 spiro atoms. The molecular formula is C26H27F3N4O. The monoisotopic (exact) mass is 468 g/mol. The van der Waals surface area contributed by atoms with E-state index in [1.54, 1.807) is 24.5 Å². The van der Waals surface area contributed by atoms with Crippen LogP contribution in [0.1, 0.15) is 40.8 Å². The molecule has 1 aromatic heterocycles. The Bertz CT molecular complexity index is 1140. The first-order valence-electron chi connectivity index (χ1n) is 11.3. The standard InChI is InChI=1S/C26H27F3N4O/c27-26(28,29)23-3-1-2-22(12-23)13-25(18-34)8-10-32(11-9-25)17-24-15-31-19-33(24)16-21-6-4-20(14-30)5-7-21/h1-7,12,15,19,34H,8-11,13,16-18H2. The molecule has 0 amide bonds. The molecule has 1 aliphatic rings. The lowest BCUT2D eigenvalue weighted by Crippen LogP contribution is -2.43. The van der Waals surface area contributed by atoms with E-state index in [1.807, 2.05) is 18.3 Å². The minimum Gasteiger partial charge on any atom is -0.396 e. The fourth-order valence-electron chi connectivity index (χ4n) is 4.60. The van der Waals surface area contributed by atoms with Gasteiger partial charge in [-0.05, 0) is 67.1 Å². The van der Waals surface area contributed by atoms with Crippen LogP contribution in [0.5, 0.6) is 0 Å². The maximum absolute atomic E-state index is 13.1. The van der Waals surface area contributed by atoms with Gasteiger partial charge in [0.1, 0.15) is 0 Å². The lowest BCUT2D eigenvalue weighted by atomic mass is 9.74. The van der Waals surface area contributed by atoms with Gasteiger partial charge < -0.3 is 9.67 Å². The zero-order valence-electron chi connectivity index (χ0n) is 18.8. The Labute approximate surface area is 197 Å². The molecule has 4 rings (SSSR count). The number of halogens is 3. The molecule has 0 bridgehead atoms. The van der Waals surface area contributed by atoms with Crippen molar-refractivity contribution in [1.82, 2.24) is 14.5 Å². The zero-order chi connectivity index (χ0) is 24.2. The first-order chi connectivity index (χ1) is 16.3. The second-order valence-electron chi connectivity index (χ2n) is 9.13. The third-order valence-electron chi connectivity index (χ3n) is 6.71. The van der Waals surface area contributed by atoms with E-state index in [9.17, 15) is 18.3 Å². The number of rotatable bonds is 7. The summed E-state index contributed by atoms with van der Waals surface area (Å²) < 4.78 is 41.3. The summed E-state index contributed by atoms with van der Waals surface area (Å²) in [5.74, 6) is 0. The molecule has 1 aliphatic heterocycles. The average molecular weight is 469 g/mol. The van der Waals surface area contributed by atoms with Crippen molar-refractivity contribution in [3.63, 3.8) is 0 Å². The normalized spacial score (nSPS) is 16.3. The van der Waals surface area contributed by atoms with Gasteiger partial charge in [-0.1, -0.05) is 30.3 Å². The van der Waals surface area contributed by atoms with Gasteiger partial charge in [0.15, 0.2) is 0 Å². The van der Waals surface area contributed by atoms with Crippen LogP contribution in [0.3, 0.4) is 0 Å². The molecule has 0 radical (unpaired) electrons. The fraction of sp³-hybridized carbons (Fsp3) is 0.385. The summed E-state index contributed by atoms with van der Waals surface area (Å²) in [6.45, 7) is 2.82. The van der Waals surface area contributed by atoms with Gasteiger partial charge in [-0.2, -0.15) is 18.4 Å². The Balaban J connectivity index is 1.37. The zero-order valence-corrected chi connectivity index (χ0v) is 18.8. The van der Waals surface area contributed by atoms with E-state index in [0.717, 1.165) is 30.4 Å². The van der Waals surface area contributed by atoms with Crippen molar-refractivity contribution in [2.24, 2.45) is 5.41 Å². The van der Waals surface area contributed by atoms with Gasteiger partial charge in [-0.3, -0.25) is 4.90 Å². The molecule has 34 heavy (non-hydrogen) atoms. The molecule has 2 aromatic carbocycles. The van der Waals surface area contributed by atoms with Gasteiger partial charge in [0, 0.05) is 25.9 Å². The van der Waals surface area contributed by atoms with Crippen LogP contribution in [0, 0.1) is 16.7 Å². The van der Waals surface area contributed by atoms with Gasteiger partial charge in [-0.15, -0.1) is 0 Å². The number of nitriles is 1. The molecule has 3 aromatic rings. The molecule has 1 saturated heterocycles. The van der Waals surface area contributed by atoms with Crippen LogP contribution in [-0.4, -0.2) is 39.3 Å². The summed E-state index contributed by atoms with van der Waals surface area (Å²) >= 11 is 0. The summed E-state index contributed by atoms with van der Waals surface area (Å²) in [4.78, 5) is 6.60. The Kier molecular flexibility index (Phi) is 7.05. The van der Waals surface area contributed by atoms with Gasteiger partial charge in [-0.25, -0.2) is 4.98 Å². The third-order valence-corrected chi connectivity index (χ3v) is 6.71. The number of aromatic nitrogens is 2. The quantitative estimate of drug-likeness (QED) is 0.549. The minimum atomic E-state index is -4.37. The van der Waals surface area contributed by atoms with Crippen molar-refractivity contribution < 1.29 is 18.3 Å². The van der Waals surface area contributed by atoms with Crippen LogP contribution in [0.25, 0.3) is 0 Å². The SMILES string of the molecule is N#Cc1ccc(Cn2cncc2CN2CCC(CO)(Cc3cccc(C(F)(F)F)c3)CC2)cc1. The molecule has 1 N–H and O–H groups in total. The number of benzene rings is 2. The highest BCUT2D eigenvalue weighted by Gasteiger charge is 2.36. The number of likely N-dealkylation sites (tertiary alicyclic amines) is 1. The number of aliphatic hydroxyl groups is 1. The molecular weight excluding hydrogens is 441 g/mol. The Morgan fingerprint density at radius 2 is 1.76 bits per heavy atom. The van der Waals surface area contributed by atoms with Gasteiger partial charge >= 0.3 is 6.18 Å². The van der Waals surface area contributed by atoms with Crippen molar-refractivity contribution in [1.29, 1.82) is 5.26 Å². The lowest BCUT2D eigenvalue weighted by molar-refractivity contribution is -0.137. The number of piperidine rings is 1. The van der Waals surface area contributed by atoms with Crippen LogP contribution in [0.15, 0.2) is 61.1 Å². The Morgan fingerprint density at radius 1 is 1.03 bits per heavy atom. The second kappa shape index (κ2) is 10.00. The highest BCUT2D eigenvalue weighted by molar-refractivity contribution is 5.32. The summed E-state index contributed by atoms with van der Waals surface area (Å²) in [6.07, 6.45) is 1.13. The summed E-state index contributed by atoms with van der Waals surface area (Å²) in [5.41, 5.74) is 2.32. The fourth-order valence-corrected chi connectivity index (χ4v) is 4.60. The number of hydrogen-bond acceptors (Lipinski definition) is 4. The van der Waals surface area contributed by atoms with Crippen LogP contribution >= 0.6 is 0 Å². The number of imidazole rings is 1. The number of aliphatic hydroxyl groups excluding tert-OH is 1. The Morgan fingerprint density at radius 3 is 2.41 bits per heavy atom. The van der Waals surface area contributed by atoms with Crippen molar-refractivity contribution in [3.8, 4) is 6.07 Å². The van der Waals surface area contributed by atoms with Crippen molar-refractivity contribution >= 4 is 0 Å². The van der Waals surface area contributed by atoms with Crippen molar-refractivity contribution in [2.75, 3.05) is 19.7 Å². The molecule has 178 valence electrons. The van der Waals surface area contributed by atoms with Crippen molar-refractivity contribution in [3.05, 3.63) is 89.0 Å². The summed E-state index contributed by atoms with van der Waals surface area (Å²) in [7, 11) is 0. The van der Waals surface area contributed by atoms with E-state index >= 15 is 0 Å². The number of hydrogen-bond donors (Lipinski definition) is 1. The van der Waals surface area contributed by atoms with E-state index in [4.69, 9.17) is 5.26 Å². The predicted molar refractivity (Wildman–Crippen MR) is 122 cm³/mol. The van der Waals surface area contributed by atoms with Crippen LogP contribution in [0.2, 0.25) is 0 Å². The summed E-state index contributed by atoms with van der Waals surface area (Å²) in [5, 5.41) is 19.1. The maximum atomic E-state index is 13.1. The van der Waals surface area contributed by atoms with E-state index in [0.29, 0.717) is 43.5 Å². The molecule has 5 nitrogen and oxygen atoms in total. The number of nitrogens with zero attached hydrogens (tertiary/aromatic N) is 4. The first-order valence-corrected chi connectivity index (χ1v) is 11.3. The van der Waals surface area contributed by atoms with Crippen LogP contribution < -0.4 is 0 Å². The highest BCUT2D eigenvalue weighted by Crippen LogP contribution is 2.37. The van der Waals surface area contributed by atoms with E-state index < -0.39 is 17.2 Å². The third kappa shape index (κ3) is 5.66. The lowest BCUT2D eigenvalue weighted by Gasteiger charge is -2.41. The van der Waals surface area contributed by atoms with Gasteiger partial charge in [0.25, 0.3) is 0 Å².